The van der Waals surface area contributed by atoms with Crippen LogP contribution in [0.25, 0.3) is 16.8 Å². The number of nitriles is 1. The van der Waals surface area contributed by atoms with E-state index in [2.05, 4.69) is 15.4 Å². The molecule has 0 bridgehead atoms. The number of hydrogen-bond donors (Lipinski definition) is 1. The minimum absolute atomic E-state index is 0.0166. The number of anilines is 1. The minimum atomic E-state index is -0.118. The van der Waals surface area contributed by atoms with Crippen molar-refractivity contribution in [2.24, 2.45) is 0 Å². The highest BCUT2D eigenvalue weighted by molar-refractivity contribution is 5.79. The first-order chi connectivity index (χ1) is 13.7. The minimum Gasteiger partial charge on any atom is -0.364 e. The third-order valence-corrected chi connectivity index (χ3v) is 5.21. The van der Waals surface area contributed by atoms with E-state index < -0.39 is 0 Å². The Hall–Kier alpha value is -3.47. The molecule has 1 aliphatic heterocycles. The number of carbonyl (C=O) groups is 1. The standard InChI is InChI=1S/C20H21N7O/c1-14-16(5-4-9-26(14)20(28)7-8-21)24-19-13-22-12-17(25-19)15-11-23-27-10-3-2-6-18(15)27/h2-3,6,10-14,16H,4-5,7,9H2,1H3,(H,24,25)/t14?,16-/m1/s1. The Bertz CT molecular complexity index is 1040. The van der Waals surface area contributed by atoms with Gasteiger partial charge < -0.3 is 10.2 Å². The van der Waals surface area contributed by atoms with Crippen LogP contribution in [0.3, 0.4) is 0 Å². The summed E-state index contributed by atoms with van der Waals surface area (Å²) in [5.74, 6) is 0.548. The summed E-state index contributed by atoms with van der Waals surface area (Å²) >= 11 is 0. The normalized spacial score (nSPS) is 19.4. The predicted molar refractivity (Wildman–Crippen MR) is 104 cm³/mol. The molecule has 1 unspecified atom stereocenters. The van der Waals surface area contributed by atoms with Gasteiger partial charge in [-0.05, 0) is 31.9 Å². The summed E-state index contributed by atoms with van der Waals surface area (Å²) in [6.45, 7) is 2.70. The highest BCUT2D eigenvalue weighted by Gasteiger charge is 2.31. The van der Waals surface area contributed by atoms with Crippen molar-refractivity contribution >= 4 is 17.2 Å². The van der Waals surface area contributed by atoms with Gasteiger partial charge in [-0.3, -0.25) is 9.78 Å². The van der Waals surface area contributed by atoms with E-state index in [-0.39, 0.29) is 24.4 Å². The number of amides is 1. The number of nitrogens with one attached hydrogen (secondary N) is 1. The molecule has 142 valence electrons. The first kappa shape index (κ1) is 17.9. The van der Waals surface area contributed by atoms with Crippen molar-refractivity contribution in [2.45, 2.75) is 38.3 Å². The Kier molecular flexibility index (Phi) is 4.89. The Balaban J connectivity index is 1.55. The highest BCUT2D eigenvalue weighted by atomic mass is 16.2. The van der Waals surface area contributed by atoms with Crippen LogP contribution in [-0.2, 0) is 4.79 Å². The molecule has 1 fully saturated rings. The van der Waals surface area contributed by atoms with Crippen molar-refractivity contribution in [3.05, 3.63) is 43.0 Å². The van der Waals surface area contributed by atoms with Crippen molar-refractivity contribution in [1.29, 1.82) is 5.26 Å². The second kappa shape index (κ2) is 7.64. The molecule has 4 heterocycles. The zero-order valence-corrected chi connectivity index (χ0v) is 15.6. The molecule has 3 aromatic rings. The summed E-state index contributed by atoms with van der Waals surface area (Å²) in [6, 6.07) is 7.87. The van der Waals surface area contributed by atoms with Gasteiger partial charge in [0.15, 0.2) is 0 Å². The first-order valence-electron chi connectivity index (χ1n) is 9.35. The van der Waals surface area contributed by atoms with Crippen molar-refractivity contribution in [1.82, 2.24) is 24.5 Å². The summed E-state index contributed by atoms with van der Waals surface area (Å²) < 4.78 is 1.80. The average molecular weight is 375 g/mol. The molecule has 8 heteroatoms. The van der Waals surface area contributed by atoms with Crippen LogP contribution in [0.5, 0.6) is 0 Å². The second-order valence-corrected chi connectivity index (χ2v) is 6.93. The molecule has 0 aromatic carbocycles. The van der Waals surface area contributed by atoms with Crippen LogP contribution >= 0.6 is 0 Å². The summed E-state index contributed by atoms with van der Waals surface area (Å²) in [5.41, 5.74) is 2.62. The molecular weight excluding hydrogens is 354 g/mol. The number of nitrogens with zero attached hydrogens (tertiary/aromatic N) is 6. The number of piperidine rings is 1. The van der Waals surface area contributed by atoms with Gasteiger partial charge in [-0.15, -0.1) is 0 Å². The predicted octanol–water partition coefficient (Wildman–Crippen LogP) is 2.50. The summed E-state index contributed by atoms with van der Waals surface area (Å²) in [6.07, 6.45) is 8.83. The quantitative estimate of drug-likeness (QED) is 0.752. The molecule has 2 atom stereocenters. The van der Waals surface area contributed by atoms with Gasteiger partial charge in [0.2, 0.25) is 5.91 Å². The number of likely N-dealkylation sites (tertiary alicyclic amines) is 1. The molecule has 0 radical (unpaired) electrons. The molecule has 0 saturated carbocycles. The molecule has 1 N–H and O–H groups in total. The van der Waals surface area contributed by atoms with E-state index in [1.165, 1.54) is 0 Å². The Labute approximate surface area is 162 Å². The van der Waals surface area contributed by atoms with E-state index >= 15 is 0 Å². The molecule has 0 spiro atoms. The van der Waals surface area contributed by atoms with E-state index in [0.29, 0.717) is 12.4 Å². The van der Waals surface area contributed by atoms with Gasteiger partial charge in [0.25, 0.3) is 0 Å². The number of pyridine rings is 1. The molecule has 3 aromatic heterocycles. The van der Waals surface area contributed by atoms with Gasteiger partial charge in [0, 0.05) is 30.4 Å². The van der Waals surface area contributed by atoms with E-state index in [1.807, 2.05) is 37.4 Å². The molecule has 1 aliphatic rings. The fourth-order valence-electron chi connectivity index (χ4n) is 3.74. The van der Waals surface area contributed by atoms with Crippen molar-refractivity contribution in [3.8, 4) is 17.3 Å². The summed E-state index contributed by atoms with van der Waals surface area (Å²) in [7, 11) is 0. The van der Waals surface area contributed by atoms with Gasteiger partial charge in [-0.25, -0.2) is 9.50 Å². The number of hydrogen-bond acceptors (Lipinski definition) is 6. The molecule has 4 rings (SSSR count). The van der Waals surface area contributed by atoms with Crippen LogP contribution in [0, 0.1) is 11.3 Å². The molecule has 1 saturated heterocycles. The molecule has 28 heavy (non-hydrogen) atoms. The molecule has 1 amide bonds. The van der Waals surface area contributed by atoms with Crippen molar-refractivity contribution in [3.63, 3.8) is 0 Å². The van der Waals surface area contributed by atoms with Gasteiger partial charge >= 0.3 is 0 Å². The summed E-state index contributed by atoms with van der Waals surface area (Å²) in [5, 5.41) is 16.6. The Morgan fingerprint density at radius 3 is 3.11 bits per heavy atom. The summed E-state index contributed by atoms with van der Waals surface area (Å²) in [4.78, 5) is 23.0. The van der Waals surface area contributed by atoms with E-state index in [0.717, 1.165) is 29.6 Å². The number of carbonyl (C=O) groups excluding carboxylic acids is 1. The fourth-order valence-corrected chi connectivity index (χ4v) is 3.74. The third kappa shape index (κ3) is 3.39. The lowest BCUT2D eigenvalue weighted by atomic mass is 9.97. The first-order valence-corrected chi connectivity index (χ1v) is 9.35. The van der Waals surface area contributed by atoms with Crippen LogP contribution in [0.4, 0.5) is 5.82 Å². The van der Waals surface area contributed by atoms with Gasteiger partial charge in [-0.2, -0.15) is 10.4 Å². The molecular formula is C20H21N7O. The maximum absolute atomic E-state index is 12.2. The number of aromatic nitrogens is 4. The monoisotopic (exact) mass is 375 g/mol. The van der Waals surface area contributed by atoms with Crippen LogP contribution in [-0.4, -0.2) is 49.0 Å². The zero-order chi connectivity index (χ0) is 19.5. The van der Waals surface area contributed by atoms with Crippen molar-refractivity contribution in [2.75, 3.05) is 11.9 Å². The highest BCUT2D eigenvalue weighted by Crippen LogP contribution is 2.25. The van der Waals surface area contributed by atoms with E-state index in [9.17, 15) is 4.79 Å². The van der Waals surface area contributed by atoms with Crippen LogP contribution in [0.2, 0.25) is 0 Å². The topological polar surface area (TPSA) is 99.2 Å². The molecule has 8 nitrogen and oxygen atoms in total. The van der Waals surface area contributed by atoms with Crippen LogP contribution in [0.15, 0.2) is 43.0 Å². The Morgan fingerprint density at radius 1 is 1.36 bits per heavy atom. The van der Waals surface area contributed by atoms with Gasteiger partial charge in [0.05, 0.1) is 35.9 Å². The van der Waals surface area contributed by atoms with Crippen LogP contribution < -0.4 is 5.32 Å². The zero-order valence-electron chi connectivity index (χ0n) is 15.6. The largest absolute Gasteiger partial charge is 0.364 e. The van der Waals surface area contributed by atoms with Gasteiger partial charge in [-0.1, -0.05) is 6.07 Å². The Morgan fingerprint density at radius 2 is 2.25 bits per heavy atom. The maximum atomic E-state index is 12.2. The van der Waals surface area contributed by atoms with Crippen LogP contribution in [0.1, 0.15) is 26.2 Å². The number of fused-ring (bicyclic) bond motifs is 1. The second-order valence-electron chi connectivity index (χ2n) is 6.93. The lowest BCUT2D eigenvalue weighted by Gasteiger charge is -2.39. The average Bonchev–Trinajstić information content (AvgIpc) is 3.14. The maximum Gasteiger partial charge on any atom is 0.237 e. The van der Waals surface area contributed by atoms with Crippen molar-refractivity contribution < 1.29 is 4.79 Å². The lowest BCUT2D eigenvalue weighted by Crippen LogP contribution is -2.52. The van der Waals surface area contributed by atoms with E-state index in [1.54, 1.807) is 28.0 Å². The lowest BCUT2D eigenvalue weighted by molar-refractivity contribution is -0.133. The molecule has 0 aliphatic carbocycles. The smallest absolute Gasteiger partial charge is 0.237 e. The van der Waals surface area contributed by atoms with Gasteiger partial charge in [0.1, 0.15) is 12.2 Å². The fraction of sp³-hybridized carbons (Fsp3) is 0.350. The van der Waals surface area contributed by atoms with E-state index in [4.69, 9.17) is 10.2 Å². The SMILES string of the molecule is CC1[C@H](Nc2cncc(-c3cnn4ccccc34)n2)CCCN1C(=O)CC#N. The third-order valence-electron chi connectivity index (χ3n) is 5.21. The number of rotatable bonds is 4.